The molecule has 0 bridgehead atoms. The summed E-state index contributed by atoms with van der Waals surface area (Å²) in [6.45, 7) is 4.37. The van der Waals surface area contributed by atoms with Gasteiger partial charge in [-0.1, -0.05) is 6.92 Å². The highest BCUT2D eigenvalue weighted by Crippen LogP contribution is 2.11. The summed E-state index contributed by atoms with van der Waals surface area (Å²) in [6, 6.07) is 0. The van der Waals surface area contributed by atoms with Gasteiger partial charge in [-0.3, -0.25) is 0 Å². The topological polar surface area (TPSA) is 56.2 Å². The van der Waals surface area contributed by atoms with E-state index in [1.807, 2.05) is 24.6 Å². The number of methoxy groups -OCH3 is 1. The summed E-state index contributed by atoms with van der Waals surface area (Å²) >= 11 is 0. The second-order valence-electron chi connectivity index (χ2n) is 3.90. The molecule has 1 heterocycles. The Hall–Kier alpha value is -1.36. The summed E-state index contributed by atoms with van der Waals surface area (Å²) in [5.41, 5.74) is -0.723. The molecule has 90 valence electrons. The van der Waals surface area contributed by atoms with E-state index in [1.165, 1.54) is 7.11 Å². The molecule has 0 aromatic carbocycles. The lowest BCUT2D eigenvalue weighted by atomic mass is 10.0. The van der Waals surface area contributed by atoms with Crippen molar-refractivity contribution in [1.82, 2.24) is 14.9 Å². The van der Waals surface area contributed by atoms with Crippen LogP contribution in [0.25, 0.3) is 0 Å². The van der Waals surface area contributed by atoms with Crippen LogP contribution in [0.15, 0.2) is 12.4 Å². The van der Waals surface area contributed by atoms with E-state index in [0.717, 1.165) is 12.2 Å². The smallest absolute Gasteiger partial charge is 0.327 e. The highest BCUT2D eigenvalue weighted by molar-refractivity contribution is 5.80. The first kappa shape index (κ1) is 12.7. The molecule has 1 N–H and O–H groups in total. The van der Waals surface area contributed by atoms with E-state index in [0.29, 0.717) is 6.54 Å². The van der Waals surface area contributed by atoms with Gasteiger partial charge in [-0.2, -0.15) is 0 Å². The van der Waals surface area contributed by atoms with Gasteiger partial charge in [0, 0.05) is 18.8 Å². The first-order chi connectivity index (χ1) is 7.57. The van der Waals surface area contributed by atoms with Crippen molar-refractivity contribution in [3.05, 3.63) is 18.2 Å². The summed E-state index contributed by atoms with van der Waals surface area (Å²) < 4.78 is 6.76. The van der Waals surface area contributed by atoms with Crippen molar-refractivity contribution in [2.24, 2.45) is 0 Å². The average Bonchev–Trinajstić information content (AvgIpc) is 2.74. The number of ether oxygens (including phenoxy) is 1. The fourth-order valence-corrected chi connectivity index (χ4v) is 1.61. The van der Waals surface area contributed by atoms with Crippen LogP contribution in [0.5, 0.6) is 0 Å². The van der Waals surface area contributed by atoms with Crippen molar-refractivity contribution in [3.8, 4) is 0 Å². The maximum atomic E-state index is 11.7. The zero-order chi connectivity index (χ0) is 12.2. The Kier molecular flexibility index (Phi) is 4.06. The van der Waals surface area contributed by atoms with E-state index in [2.05, 4.69) is 10.3 Å². The lowest BCUT2D eigenvalue weighted by molar-refractivity contribution is -0.148. The number of aromatic nitrogens is 2. The first-order valence-corrected chi connectivity index (χ1v) is 5.34. The number of aryl methyl sites for hydroxylation is 1. The molecule has 0 spiro atoms. The Bertz CT molecular complexity index is 362. The van der Waals surface area contributed by atoms with E-state index in [9.17, 15) is 4.79 Å². The van der Waals surface area contributed by atoms with Gasteiger partial charge < -0.3 is 14.6 Å². The lowest BCUT2D eigenvalue weighted by Crippen LogP contribution is -2.51. The van der Waals surface area contributed by atoms with Crippen molar-refractivity contribution in [2.45, 2.75) is 32.4 Å². The Balaban J connectivity index is 2.89. The second-order valence-corrected chi connectivity index (χ2v) is 3.90. The molecule has 16 heavy (non-hydrogen) atoms. The normalized spacial score (nSPS) is 14.5. The van der Waals surface area contributed by atoms with Gasteiger partial charge in [-0.15, -0.1) is 0 Å². The van der Waals surface area contributed by atoms with E-state index < -0.39 is 5.54 Å². The molecule has 0 saturated carbocycles. The van der Waals surface area contributed by atoms with Crippen molar-refractivity contribution >= 4 is 5.97 Å². The Morgan fingerprint density at radius 1 is 1.69 bits per heavy atom. The predicted molar refractivity (Wildman–Crippen MR) is 61.1 cm³/mol. The number of carbonyl (C=O) groups is 1. The van der Waals surface area contributed by atoms with Gasteiger partial charge >= 0.3 is 5.97 Å². The number of hydrogen-bond acceptors (Lipinski definition) is 4. The molecule has 5 heteroatoms. The average molecular weight is 225 g/mol. The quantitative estimate of drug-likeness (QED) is 0.745. The molecule has 0 aliphatic carbocycles. The van der Waals surface area contributed by atoms with Crippen LogP contribution in [0.3, 0.4) is 0 Å². The van der Waals surface area contributed by atoms with Gasteiger partial charge in [0.2, 0.25) is 0 Å². The number of carbonyl (C=O) groups excluding carboxylic acids is 1. The molecule has 5 nitrogen and oxygen atoms in total. The van der Waals surface area contributed by atoms with Crippen LogP contribution in [0.1, 0.15) is 19.7 Å². The third kappa shape index (κ3) is 2.41. The van der Waals surface area contributed by atoms with Crippen molar-refractivity contribution in [3.63, 3.8) is 0 Å². The van der Waals surface area contributed by atoms with Crippen LogP contribution >= 0.6 is 0 Å². The van der Waals surface area contributed by atoms with E-state index in [4.69, 9.17) is 4.74 Å². The highest BCUT2D eigenvalue weighted by Gasteiger charge is 2.33. The number of esters is 1. The van der Waals surface area contributed by atoms with Crippen LogP contribution in [-0.4, -0.2) is 35.2 Å². The largest absolute Gasteiger partial charge is 0.468 e. The van der Waals surface area contributed by atoms with Gasteiger partial charge in [0.05, 0.1) is 13.7 Å². The number of nitrogens with zero attached hydrogens (tertiary/aromatic N) is 2. The molecule has 0 fully saturated rings. The summed E-state index contributed by atoms with van der Waals surface area (Å²) in [4.78, 5) is 15.9. The van der Waals surface area contributed by atoms with Crippen LogP contribution in [0.4, 0.5) is 0 Å². The van der Waals surface area contributed by atoms with Crippen LogP contribution < -0.4 is 5.32 Å². The molecule has 1 unspecified atom stereocenters. The maximum absolute atomic E-state index is 11.7. The van der Waals surface area contributed by atoms with Gasteiger partial charge in [-0.05, 0) is 14.0 Å². The minimum absolute atomic E-state index is 0.272. The molecule has 0 amide bonds. The van der Waals surface area contributed by atoms with Crippen molar-refractivity contribution < 1.29 is 9.53 Å². The van der Waals surface area contributed by atoms with Crippen LogP contribution in [0, 0.1) is 0 Å². The van der Waals surface area contributed by atoms with Crippen molar-refractivity contribution in [2.75, 3.05) is 14.2 Å². The van der Waals surface area contributed by atoms with E-state index in [-0.39, 0.29) is 5.97 Å². The molecular formula is C11H19N3O2. The lowest BCUT2D eigenvalue weighted by Gasteiger charge is -2.27. The van der Waals surface area contributed by atoms with Gasteiger partial charge in [0.1, 0.15) is 11.4 Å². The van der Waals surface area contributed by atoms with E-state index in [1.54, 1.807) is 13.2 Å². The minimum Gasteiger partial charge on any atom is -0.468 e. The predicted octanol–water partition coefficient (Wildman–Crippen LogP) is 0.597. The minimum atomic E-state index is -0.723. The highest BCUT2D eigenvalue weighted by atomic mass is 16.5. The van der Waals surface area contributed by atoms with Crippen LogP contribution in [-0.2, 0) is 22.5 Å². The number of imidazole rings is 1. The molecule has 0 aliphatic heterocycles. The van der Waals surface area contributed by atoms with Crippen molar-refractivity contribution in [1.29, 1.82) is 0 Å². The number of hydrogen-bond donors (Lipinski definition) is 1. The number of nitrogens with one attached hydrogen (secondary N) is 1. The number of likely N-dealkylation sites (N-methyl/N-ethyl adjacent to an activating group) is 1. The Morgan fingerprint density at radius 3 is 2.88 bits per heavy atom. The Morgan fingerprint density at radius 2 is 2.38 bits per heavy atom. The first-order valence-electron chi connectivity index (χ1n) is 5.34. The maximum Gasteiger partial charge on any atom is 0.327 e. The van der Waals surface area contributed by atoms with E-state index >= 15 is 0 Å². The zero-order valence-electron chi connectivity index (χ0n) is 10.3. The molecule has 0 saturated heterocycles. The summed E-state index contributed by atoms with van der Waals surface area (Å²) in [5, 5.41) is 3.00. The standard InChI is InChI=1S/C11H19N3O2/c1-5-9-13-6-7-14(9)8-11(2,12-3)10(15)16-4/h6-7,12H,5,8H2,1-4H3. The second kappa shape index (κ2) is 5.12. The third-order valence-electron chi connectivity index (χ3n) is 2.79. The summed E-state index contributed by atoms with van der Waals surface area (Å²) in [5.74, 6) is 0.691. The SMILES string of the molecule is CCc1nccn1CC(C)(NC)C(=O)OC. The fourth-order valence-electron chi connectivity index (χ4n) is 1.61. The fraction of sp³-hybridized carbons (Fsp3) is 0.636. The molecule has 1 aromatic heterocycles. The Labute approximate surface area is 95.8 Å². The molecular weight excluding hydrogens is 206 g/mol. The van der Waals surface area contributed by atoms with Crippen LogP contribution in [0.2, 0.25) is 0 Å². The van der Waals surface area contributed by atoms with Gasteiger partial charge in [-0.25, -0.2) is 9.78 Å². The summed E-state index contributed by atoms with van der Waals surface area (Å²) in [7, 11) is 3.14. The number of rotatable bonds is 5. The molecule has 0 aliphatic rings. The molecule has 1 rings (SSSR count). The van der Waals surface area contributed by atoms with Gasteiger partial charge in [0.15, 0.2) is 0 Å². The monoisotopic (exact) mass is 225 g/mol. The third-order valence-corrected chi connectivity index (χ3v) is 2.79. The van der Waals surface area contributed by atoms with Gasteiger partial charge in [0.25, 0.3) is 0 Å². The molecule has 1 aromatic rings. The summed E-state index contributed by atoms with van der Waals surface area (Å²) in [6.07, 6.45) is 4.46. The molecule has 0 radical (unpaired) electrons. The molecule has 1 atom stereocenters. The zero-order valence-corrected chi connectivity index (χ0v) is 10.3.